The first-order chi connectivity index (χ1) is 15.2. The maximum atomic E-state index is 14.9. The van der Waals surface area contributed by atoms with Crippen molar-refractivity contribution in [2.75, 3.05) is 24.2 Å². The molecule has 32 heavy (non-hydrogen) atoms. The van der Waals surface area contributed by atoms with Crippen molar-refractivity contribution in [3.8, 4) is 0 Å². The molecule has 1 aromatic heterocycles. The first kappa shape index (κ1) is 22.5. The Morgan fingerprint density at radius 1 is 1.31 bits per heavy atom. The van der Waals surface area contributed by atoms with Crippen LogP contribution >= 0.6 is 11.6 Å². The topological polar surface area (TPSA) is 113 Å². The Balaban J connectivity index is 1.66. The lowest BCUT2D eigenvalue weighted by Gasteiger charge is -2.25. The Hall–Kier alpha value is -2.72. The minimum Gasteiger partial charge on any atom is -0.369 e. The lowest BCUT2D eigenvalue weighted by atomic mass is 9.89. The minimum absolute atomic E-state index is 0.0971. The largest absolute Gasteiger partial charge is 0.369 e. The molecule has 2 atom stereocenters. The van der Waals surface area contributed by atoms with Gasteiger partial charge >= 0.3 is 0 Å². The van der Waals surface area contributed by atoms with Gasteiger partial charge in [0.15, 0.2) is 0 Å². The molecule has 2 aliphatic heterocycles. The highest BCUT2D eigenvalue weighted by Gasteiger charge is 2.37. The average molecular weight is 479 g/mol. The predicted octanol–water partition coefficient (Wildman–Crippen LogP) is 3.54. The van der Waals surface area contributed by atoms with Crippen LogP contribution in [0.4, 0.5) is 10.1 Å². The van der Waals surface area contributed by atoms with Gasteiger partial charge in [0, 0.05) is 24.0 Å². The predicted molar refractivity (Wildman–Crippen MR) is 123 cm³/mol. The molecule has 2 aliphatic rings. The molecular weight excluding hydrogens is 455 g/mol. The zero-order valence-electron chi connectivity index (χ0n) is 17.6. The number of carbonyl (C=O) groups is 1. The molecule has 0 fully saturated rings. The molecule has 3 heterocycles. The summed E-state index contributed by atoms with van der Waals surface area (Å²) in [4.78, 5) is 21.1. The fourth-order valence-electron chi connectivity index (χ4n) is 3.83. The molecular formula is C21H24ClFN6O2S. The van der Waals surface area contributed by atoms with E-state index in [1.807, 2.05) is 0 Å². The van der Waals surface area contributed by atoms with Crippen molar-refractivity contribution in [2.24, 2.45) is 15.1 Å². The third-order valence-electron chi connectivity index (χ3n) is 5.64. The molecule has 0 bridgehead atoms. The van der Waals surface area contributed by atoms with Gasteiger partial charge in [-0.2, -0.15) is 0 Å². The maximum Gasteiger partial charge on any atom is 0.274 e. The molecule has 2 aromatic rings. The van der Waals surface area contributed by atoms with E-state index in [9.17, 15) is 13.4 Å². The number of nitrogens with one attached hydrogen (secondary N) is 1. The monoisotopic (exact) mass is 478 g/mol. The normalized spacial score (nSPS) is 25.6. The molecule has 3 N–H and O–H groups in total. The van der Waals surface area contributed by atoms with Gasteiger partial charge in [-0.25, -0.2) is 22.9 Å². The van der Waals surface area contributed by atoms with E-state index < -0.39 is 27.2 Å². The summed E-state index contributed by atoms with van der Waals surface area (Å²) in [5.74, 6) is -0.628. The van der Waals surface area contributed by atoms with Crippen LogP contribution in [0.1, 0.15) is 42.2 Å². The molecule has 8 nitrogen and oxygen atoms in total. The van der Waals surface area contributed by atoms with Crippen LogP contribution in [0.25, 0.3) is 0 Å². The van der Waals surface area contributed by atoms with E-state index in [0.29, 0.717) is 30.2 Å². The van der Waals surface area contributed by atoms with Crippen LogP contribution in [0.2, 0.25) is 5.02 Å². The van der Waals surface area contributed by atoms with E-state index in [1.165, 1.54) is 30.5 Å². The van der Waals surface area contributed by atoms with Gasteiger partial charge in [0.1, 0.15) is 21.4 Å². The number of nitrogens with zero attached hydrogens (tertiary/aromatic N) is 4. The number of benzene rings is 1. The number of anilines is 1. The quantitative estimate of drug-likeness (QED) is 0.702. The number of nitrogens with two attached hydrogens (primary N) is 1. The number of halogens is 2. The average Bonchev–Trinajstić information content (AvgIpc) is 3.00. The third-order valence-corrected chi connectivity index (χ3v) is 8.25. The second-order valence-corrected chi connectivity index (χ2v) is 10.7. The van der Waals surface area contributed by atoms with E-state index in [-0.39, 0.29) is 23.0 Å². The van der Waals surface area contributed by atoms with E-state index in [4.69, 9.17) is 17.3 Å². The van der Waals surface area contributed by atoms with Crippen molar-refractivity contribution in [1.82, 2.24) is 9.29 Å². The van der Waals surface area contributed by atoms with Crippen molar-refractivity contribution in [3.05, 3.63) is 58.6 Å². The Labute approximate surface area is 191 Å². The molecule has 0 spiro atoms. The molecule has 0 unspecified atom stereocenters. The smallest absolute Gasteiger partial charge is 0.274 e. The SMILES string of the molecule is C[C@@]1(c2cc(NC(=O)c3ccc(Cl)cn3)ccc2F)CC[S@]2(=O)=NCCCCN2C(N)=N1. The van der Waals surface area contributed by atoms with E-state index in [1.54, 1.807) is 17.3 Å². The number of carbonyl (C=O) groups excluding carboxylic acids is 1. The number of pyridine rings is 1. The number of amides is 1. The fourth-order valence-corrected chi connectivity index (χ4v) is 6.26. The summed E-state index contributed by atoms with van der Waals surface area (Å²) in [6.45, 7) is 2.76. The highest BCUT2D eigenvalue weighted by atomic mass is 35.5. The van der Waals surface area contributed by atoms with Gasteiger partial charge in [0.2, 0.25) is 5.96 Å². The van der Waals surface area contributed by atoms with Gasteiger partial charge in [-0.3, -0.25) is 9.10 Å². The second kappa shape index (κ2) is 8.67. The lowest BCUT2D eigenvalue weighted by molar-refractivity contribution is 0.102. The number of fused-ring (bicyclic) bond motifs is 1. The van der Waals surface area contributed by atoms with Crippen LogP contribution in [0.15, 0.2) is 45.9 Å². The molecule has 0 radical (unpaired) electrons. The van der Waals surface area contributed by atoms with Crippen LogP contribution in [-0.4, -0.2) is 44.2 Å². The Morgan fingerprint density at radius 3 is 2.88 bits per heavy atom. The second-order valence-electron chi connectivity index (χ2n) is 7.98. The number of aromatic nitrogens is 1. The molecule has 170 valence electrons. The molecule has 11 heteroatoms. The maximum absolute atomic E-state index is 14.9. The lowest BCUT2D eigenvalue weighted by Crippen LogP contribution is -2.42. The van der Waals surface area contributed by atoms with Crippen molar-refractivity contribution >= 4 is 39.1 Å². The summed E-state index contributed by atoms with van der Waals surface area (Å²) in [5, 5.41) is 3.13. The molecule has 0 aliphatic carbocycles. The first-order valence-electron chi connectivity index (χ1n) is 10.3. The number of aliphatic imine (C=N–C) groups is 1. The zero-order chi connectivity index (χ0) is 22.9. The highest BCUT2D eigenvalue weighted by Crippen LogP contribution is 2.36. The van der Waals surface area contributed by atoms with E-state index in [2.05, 4.69) is 19.7 Å². The van der Waals surface area contributed by atoms with Gasteiger partial charge in [0.25, 0.3) is 5.91 Å². The van der Waals surface area contributed by atoms with E-state index >= 15 is 0 Å². The van der Waals surface area contributed by atoms with Crippen molar-refractivity contribution < 1.29 is 13.4 Å². The van der Waals surface area contributed by atoms with Crippen LogP contribution in [0.5, 0.6) is 0 Å². The number of guanidine groups is 1. The van der Waals surface area contributed by atoms with Crippen molar-refractivity contribution in [2.45, 2.75) is 31.7 Å². The van der Waals surface area contributed by atoms with Crippen molar-refractivity contribution in [3.63, 3.8) is 0 Å². The standard InChI is InChI=1S/C21H24ClFN6O2S/c1-21(8-11-32(31)26-9-2-3-10-29(32)20(24)28-21)16-12-15(5-6-17(16)23)27-19(30)18-7-4-14(22)13-25-18/h4-7,12-13H,2-3,8-11H2,1H3,(H2,24,28)(H,27,30)/t21-,32-/m0/s1. The Morgan fingerprint density at radius 2 is 2.12 bits per heavy atom. The summed E-state index contributed by atoms with van der Waals surface area (Å²) in [7, 11) is -2.72. The molecule has 4 rings (SSSR count). The summed E-state index contributed by atoms with van der Waals surface area (Å²) in [6.07, 6.45) is 3.32. The van der Waals surface area contributed by atoms with E-state index in [0.717, 1.165) is 12.8 Å². The number of rotatable bonds is 3. The molecule has 0 saturated carbocycles. The first-order valence-corrected chi connectivity index (χ1v) is 12.3. The van der Waals surface area contributed by atoms with Crippen LogP contribution in [0.3, 0.4) is 0 Å². The summed E-state index contributed by atoms with van der Waals surface area (Å²) >= 11 is 5.82. The summed E-state index contributed by atoms with van der Waals surface area (Å²) in [5.41, 5.74) is 5.98. The van der Waals surface area contributed by atoms with Crippen LogP contribution < -0.4 is 11.1 Å². The third kappa shape index (κ3) is 4.42. The molecule has 1 aromatic carbocycles. The summed E-state index contributed by atoms with van der Waals surface area (Å²) in [6, 6.07) is 7.32. The van der Waals surface area contributed by atoms with Gasteiger partial charge in [-0.15, -0.1) is 0 Å². The zero-order valence-corrected chi connectivity index (χ0v) is 19.1. The van der Waals surface area contributed by atoms with Gasteiger partial charge in [-0.1, -0.05) is 11.6 Å². The molecule has 1 amide bonds. The fraction of sp³-hybridized carbons (Fsp3) is 0.381. The van der Waals surface area contributed by atoms with Gasteiger partial charge in [-0.05, 0) is 56.5 Å². The van der Waals surface area contributed by atoms with Crippen LogP contribution in [0, 0.1) is 5.82 Å². The number of hydrogen-bond donors (Lipinski definition) is 2. The summed E-state index contributed by atoms with van der Waals surface area (Å²) < 4.78 is 34.4. The minimum atomic E-state index is -2.72. The van der Waals surface area contributed by atoms with Crippen molar-refractivity contribution in [1.29, 1.82) is 0 Å². The van der Waals surface area contributed by atoms with Gasteiger partial charge in [0.05, 0.1) is 22.9 Å². The Bertz CT molecular complexity index is 1200. The van der Waals surface area contributed by atoms with Crippen LogP contribution in [-0.2, 0) is 15.5 Å². The molecule has 0 saturated heterocycles. The highest BCUT2D eigenvalue weighted by molar-refractivity contribution is 7.91. The number of hydrogen-bond acceptors (Lipinski definition) is 6. The van der Waals surface area contributed by atoms with Gasteiger partial charge < -0.3 is 11.1 Å². The Kier molecular flexibility index (Phi) is 6.09.